The van der Waals surface area contributed by atoms with Gasteiger partial charge in [0.15, 0.2) is 0 Å². The zero-order valence-electron chi connectivity index (χ0n) is 11.7. The minimum Gasteiger partial charge on any atom is -0.463 e. The lowest BCUT2D eigenvalue weighted by molar-refractivity contribution is -0.139. The molecule has 2 heterocycles. The second kappa shape index (κ2) is 5.73. The predicted molar refractivity (Wildman–Crippen MR) is 72.6 cm³/mol. The van der Waals surface area contributed by atoms with Gasteiger partial charge in [-0.1, -0.05) is 6.07 Å². The number of esters is 1. The number of carbonyl (C=O) groups is 2. The van der Waals surface area contributed by atoms with Crippen molar-refractivity contribution in [2.45, 2.75) is 19.9 Å². The van der Waals surface area contributed by atoms with Crippen LogP contribution in [-0.2, 0) is 9.53 Å². The van der Waals surface area contributed by atoms with E-state index in [0.29, 0.717) is 11.3 Å². The average Bonchev–Trinajstić information content (AvgIpc) is 2.45. The van der Waals surface area contributed by atoms with Gasteiger partial charge in [0.2, 0.25) is 0 Å². The molecule has 1 aromatic heterocycles. The number of hydrogen-bond acceptors (Lipinski definition) is 4. The number of nitrogens with zero attached hydrogens (tertiary/aromatic N) is 2. The fourth-order valence-electron chi connectivity index (χ4n) is 2.11. The van der Waals surface area contributed by atoms with Crippen LogP contribution in [0.3, 0.4) is 0 Å². The lowest BCUT2D eigenvalue weighted by Crippen LogP contribution is -2.46. The number of hydrogen-bond donors (Lipinski definition) is 1. The van der Waals surface area contributed by atoms with Crippen LogP contribution in [0, 0.1) is 0 Å². The van der Waals surface area contributed by atoms with Crippen molar-refractivity contribution >= 4 is 12.0 Å². The Kier molecular flexibility index (Phi) is 4.02. The average molecular weight is 275 g/mol. The number of urea groups is 1. The highest BCUT2D eigenvalue weighted by molar-refractivity contribution is 5.94. The van der Waals surface area contributed by atoms with Crippen molar-refractivity contribution in [3.8, 4) is 0 Å². The Morgan fingerprint density at radius 1 is 1.55 bits per heavy atom. The number of carbonyl (C=O) groups excluding carboxylic acids is 2. The molecule has 2 amide bonds. The van der Waals surface area contributed by atoms with Crippen molar-refractivity contribution < 1.29 is 14.3 Å². The van der Waals surface area contributed by atoms with Crippen LogP contribution in [0.5, 0.6) is 0 Å². The van der Waals surface area contributed by atoms with Gasteiger partial charge in [0.25, 0.3) is 0 Å². The molecule has 106 valence electrons. The second-order valence-corrected chi connectivity index (χ2v) is 4.45. The van der Waals surface area contributed by atoms with E-state index in [1.54, 1.807) is 39.4 Å². The third-order valence-corrected chi connectivity index (χ3v) is 3.27. The largest absolute Gasteiger partial charge is 0.463 e. The van der Waals surface area contributed by atoms with E-state index in [0.717, 1.165) is 5.56 Å². The number of ether oxygens (including phenoxy) is 1. The zero-order chi connectivity index (χ0) is 14.7. The fraction of sp³-hybridized carbons (Fsp3) is 0.357. The molecule has 0 saturated carbocycles. The van der Waals surface area contributed by atoms with Crippen LogP contribution >= 0.6 is 0 Å². The highest BCUT2D eigenvalue weighted by Crippen LogP contribution is 2.29. The minimum atomic E-state index is -0.536. The summed E-state index contributed by atoms with van der Waals surface area (Å²) < 4.78 is 5.09. The zero-order valence-corrected chi connectivity index (χ0v) is 11.7. The highest BCUT2D eigenvalue weighted by Gasteiger charge is 2.34. The summed E-state index contributed by atoms with van der Waals surface area (Å²) in [6, 6.07) is 2.78. The van der Waals surface area contributed by atoms with Crippen LogP contribution in [0.15, 0.2) is 35.8 Å². The Bertz CT molecular complexity index is 554. The molecule has 1 N–H and O–H groups in total. The molecule has 20 heavy (non-hydrogen) atoms. The SMILES string of the molecule is CCOC(=O)C1=C(C)N(C)C(=O)NC1c1cccnc1. The molecule has 6 nitrogen and oxygen atoms in total. The Morgan fingerprint density at radius 2 is 2.30 bits per heavy atom. The van der Waals surface area contributed by atoms with E-state index in [1.165, 1.54) is 4.90 Å². The summed E-state index contributed by atoms with van der Waals surface area (Å²) in [5.74, 6) is -0.425. The Hall–Kier alpha value is -2.37. The van der Waals surface area contributed by atoms with Gasteiger partial charge in [0.1, 0.15) is 0 Å². The molecule has 0 radical (unpaired) electrons. The number of aromatic nitrogens is 1. The van der Waals surface area contributed by atoms with Crippen LogP contribution in [0.4, 0.5) is 4.79 Å². The lowest BCUT2D eigenvalue weighted by atomic mass is 9.96. The number of allylic oxidation sites excluding steroid dienone is 1. The lowest BCUT2D eigenvalue weighted by Gasteiger charge is -2.33. The van der Waals surface area contributed by atoms with Crippen LogP contribution in [0.2, 0.25) is 0 Å². The van der Waals surface area contributed by atoms with Gasteiger partial charge in [-0.05, 0) is 25.5 Å². The monoisotopic (exact) mass is 275 g/mol. The quantitative estimate of drug-likeness (QED) is 0.851. The predicted octanol–water partition coefficient (Wildman–Crippen LogP) is 1.61. The minimum absolute atomic E-state index is 0.260. The van der Waals surface area contributed by atoms with Gasteiger partial charge in [0.05, 0.1) is 18.2 Å². The highest BCUT2D eigenvalue weighted by atomic mass is 16.5. The molecule has 1 unspecified atom stereocenters. The number of rotatable bonds is 3. The summed E-state index contributed by atoms with van der Waals surface area (Å²) in [5.41, 5.74) is 1.76. The third-order valence-electron chi connectivity index (χ3n) is 3.27. The normalized spacial score (nSPS) is 18.9. The molecule has 1 aromatic rings. The van der Waals surface area contributed by atoms with Crippen molar-refractivity contribution in [3.63, 3.8) is 0 Å². The molecular weight excluding hydrogens is 258 g/mol. The molecule has 1 aliphatic heterocycles. The van der Waals surface area contributed by atoms with Gasteiger partial charge in [0, 0.05) is 25.1 Å². The molecule has 0 spiro atoms. The summed E-state index contributed by atoms with van der Waals surface area (Å²) in [6.45, 7) is 3.76. The van der Waals surface area contributed by atoms with Crippen molar-refractivity contribution in [2.24, 2.45) is 0 Å². The molecule has 1 atom stereocenters. The molecule has 0 aliphatic carbocycles. The molecule has 1 aliphatic rings. The maximum atomic E-state index is 12.2. The van der Waals surface area contributed by atoms with Gasteiger partial charge in [-0.25, -0.2) is 9.59 Å². The van der Waals surface area contributed by atoms with E-state index >= 15 is 0 Å². The standard InChI is InChI=1S/C14H17N3O3/c1-4-20-13(18)11-9(2)17(3)14(19)16-12(11)10-6-5-7-15-8-10/h5-8,12H,4H2,1-3H3,(H,16,19). The third kappa shape index (κ3) is 2.49. The van der Waals surface area contributed by atoms with E-state index in [-0.39, 0.29) is 12.6 Å². The van der Waals surface area contributed by atoms with Gasteiger partial charge >= 0.3 is 12.0 Å². The van der Waals surface area contributed by atoms with E-state index in [2.05, 4.69) is 10.3 Å². The fourth-order valence-corrected chi connectivity index (χ4v) is 2.11. The van der Waals surface area contributed by atoms with Crippen LogP contribution < -0.4 is 5.32 Å². The number of amides is 2. The molecule has 0 fully saturated rings. The maximum absolute atomic E-state index is 12.2. The first-order valence-electron chi connectivity index (χ1n) is 6.38. The summed E-state index contributed by atoms with van der Waals surface area (Å²) in [6.07, 6.45) is 3.27. The van der Waals surface area contributed by atoms with Crippen molar-refractivity contribution in [2.75, 3.05) is 13.7 Å². The first-order valence-corrected chi connectivity index (χ1v) is 6.38. The number of nitrogens with one attached hydrogen (secondary N) is 1. The molecular formula is C14H17N3O3. The first kappa shape index (κ1) is 14.0. The topological polar surface area (TPSA) is 71.5 Å². The van der Waals surface area contributed by atoms with E-state index < -0.39 is 12.0 Å². The summed E-state index contributed by atoms with van der Waals surface area (Å²) in [4.78, 5) is 29.5. The van der Waals surface area contributed by atoms with Gasteiger partial charge < -0.3 is 15.0 Å². The maximum Gasteiger partial charge on any atom is 0.338 e. The van der Waals surface area contributed by atoms with Crippen LogP contribution in [0.1, 0.15) is 25.5 Å². The summed E-state index contributed by atoms with van der Waals surface area (Å²) >= 11 is 0. The summed E-state index contributed by atoms with van der Waals surface area (Å²) in [5, 5.41) is 2.79. The van der Waals surface area contributed by atoms with Crippen LogP contribution in [0.25, 0.3) is 0 Å². The van der Waals surface area contributed by atoms with Gasteiger partial charge in [-0.3, -0.25) is 4.98 Å². The molecule has 0 saturated heterocycles. The van der Waals surface area contributed by atoms with E-state index in [4.69, 9.17) is 4.74 Å². The van der Waals surface area contributed by atoms with Gasteiger partial charge in [-0.15, -0.1) is 0 Å². The van der Waals surface area contributed by atoms with Crippen molar-refractivity contribution in [1.82, 2.24) is 15.2 Å². The molecule has 0 aromatic carbocycles. The Labute approximate surface area is 117 Å². The smallest absolute Gasteiger partial charge is 0.338 e. The molecule has 0 bridgehead atoms. The van der Waals surface area contributed by atoms with Crippen LogP contribution in [-0.4, -0.2) is 35.5 Å². The number of pyridine rings is 1. The molecule has 6 heteroatoms. The molecule has 2 rings (SSSR count). The Morgan fingerprint density at radius 3 is 2.90 bits per heavy atom. The Balaban J connectivity index is 2.48. The summed E-state index contributed by atoms with van der Waals surface area (Å²) in [7, 11) is 1.61. The van der Waals surface area contributed by atoms with E-state index in [9.17, 15) is 9.59 Å². The van der Waals surface area contributed by atoms with Crippen molar-refractivity contribution in [1.29, 1.82) is 0 Å². The first-order chi connectivity index (χ1) is 9.56. The van der Waals surface area contributed by atoms with Crippen molar-refractivity contribution in [3.05, 3.63) is 41.4 Å². The van der Waals surface area contributed by atoms with E-state index in [1.807, 2.05) is 6.07 Å². The van der Waals surface area contributed by atoms with Gasteiger partial charge in [-0.2, -0.15) is 0 Å². The second-order valence-electron chi connectivity index (χ2n) is 4.45.